The summed E-state index contributed by atoms with van der Waals surface area (Å²) in [6.07, 6.45) is 0. The summed E-state index contributed by atoms with van der Waals surface area (Å²) in [7, 11) is 1.77. The number of amides is 1. The van der Waals surface area contributed by atoms with Gasteiger partial charge in [0.05, 0.1) is 0 Å². The number of benzene rings is 2. The lowest BCUT2D eigenvalue weighted by atomic mass is 10.1. The summed E-state index contributed by atoms with van der Waals surface area (Å²) in [5.74, 6) is 0.832. The quantitative estimate of drug-likeness (QED) is 0.334. The lowest BCUT2D eigenvalue weighted by Crippen LogP contribution is -2.36. The van der Waals surface area contributed by atoms with E-state index in [2.05, 4.69) is 47.7 Å². The number of aliphatic imine (C=N–C) groups is 1. The van der Waals surface area contributed by atoms with E-state index in [1.165, 1.54) is 16.7 Å². The fourth-order valence-corrected chi connectivity index (χ4v) is 3.09. The van der Waals surface area contributed by atoms with Crippen LogP contribution in [0.4, 0.5) is 0 Å². The number of carbonyl (C=O) groups is 1. The first-order valence-corrected chi connectivity index (χ1v) is 9.87. The monoisotopic (exact) mass is 508 g/mol. The van der Waals surface area contributed by atoms with Crippen molar-refractivity contribution in [2.24, 2.45) is 4.99 Å². The van der Waals surface area contributed by atoms with Crippen LogP contribution in [0.3, 0.4) is 0 Å². The summed E-state index contributed by atoms with van der Waals surface area (Å²) >= 11 is 0. The van der Waals surface area contributed by atoms with Crippen LogP contribution in [-0.2, 0) is 13.1 Å². The molecule has 2 rings (SSSR count). The first kappa shape index (κ1) is 24.9. The SMILES string of the molecule is CCN(CC)C(=O)c1ccc(CNC(=NC)NCc2ccc(C)cc2C)cc1.I. The lowest BCUT2D eigenvalue weighted by Gasteiger charge is -2.18. The van der Waals surface area contributed by atoms with E-state index in [1.54, 1.807) is 7.05 Å². The van der Waals surface area contributed by atoms with Gasteiger partial charge in [0.25, 0.3) is 5.91 Å². The normalized spacial score (nSPS) is 10.9. The highest BCUT2D eigenvalue weighted by Crippen LogP contribution is 2.10. The van der Waals surface area contributed by atoms with Crippen molar-refractivity contribution in [3.63, 3.8) is 0 Å². The van der Waals surface area contributed by atoms with E-state index in [1.807, 2.05) is 43.0 Å². The molecule has 0 aromatic heterocycles. The molecule has 0 aliphatic carbocycles. The van der Waals surface area contributed by atoms with Crippen molar-refractivity contribution in [2.45, 2.75) is 40.8 Å². The second-order valence-corrected chi connectivity index (χ2v) is 6.88. The van der Waals surface area contributed by atoms with E-state index < -0.39 is 0 Å². The molecule has 1 amide bonds. The van der Waals surface area contributed by atoms with E-state index in [-0.39, 0.29) is 29.9 Å². The Labute approximate surface area is 192 Å². The first-order chi connectivity index (χ1) is 13.5. The Morgan fingerprint density at radius 2 is 1.59 bits per heavy atom. The maximum absolute atomic E-state index is 12.4. The van der Waals surface area contributed by atoms with Gasteiger partial charge in [-0.1, -0.05) is 35.9 Å². The molecule has 0 fully saturated rings. The van der Waals surface area contributed by atoms with Crippen molar-refractivity contribution < 1.29 is 4.79 Å². The van der Waals surface area contributed by atoms with Crippen LogP contribution in [0.5, 0.6) is 0 Å². The molecular weight excluding hydrogens is 475 g/mol. The van der Waals surface area contributed by atoms with E-state index >= 15 is 0 Å². The smallest absolute Gasteiger partial charge is 0.253 e. The predicted molar refractivity (Wildman–Crippen MR) is 132 cm³/mol. The molecule has 0 unspecified atom stereocenters. The van der Waals surface area contributed by atoms with E-state index in [0.29, 0.717) is 6.54 Å². The average Bonchev–Trinajstić information content (AvgIpc) is 2.70. The maximum Gasteiger partial charge on any atom is 0.253 e. The van der Waals surface area contributed by atoms with Crippen LogP contribution in [0.2, 0.25) is 0 Å². The third kappa shape index (κ3) is 7.34. The summed E-state index contributed by atoms with van der Waals surface area (Å²) in [5, 5.41) is 6.68. The van der Waals surface area contributed by atoms with Gasteiger partial charge in [0, 0.05) is 38.8 Å². The van der Waals surface area contributed by atoms with Gasteiger partial charge in [0.15, 0.2) is 5.96 Å². The third-order valence-corrected chi connectivity index (χ3v) is 4.88. The van der Waals surface area contributed by atoms with Gasteiger partial charge < -0.3 is 15.5 Å². The molecule has 0 aliphatic heterocycles. The second kappa shape index (κ2) is 12.5. The van der Waals surface area contributed by atoms with Crippen molar-refractivity contribution in [3.05, 3.63) is 70.3 Å². The molecule has 0 saturated carbocycles. The van der Waals surface area contributed by atoms with Crippen molar-refractivity contribution in [1.82, 2.24) is 15.5 Å². The Bertz CT molecular complexity index is 814. The number of nitrogens with one attached hydrogen (secondary N) is 2. The average molecular weight is 508 g/mol. The molecule has 2 aromatic carbocycles. The molecule has 0 atom stereocenters. The molecule has 0 heterocycles. The largest absolute Gasteiger partial charge is 0.352 e. The van der Waals surface area contributed by atoms with Crippen molar-refractivity contribution in [2.75, 3.05) is 20.1 Å². The zero-order chi connectivity index (χ0) is 20.5. The molecule has 2 N–H and O–H groups in total. The molecule has 2 aromatic rings. The first-order valence-electron chi connectivity index (χ1n) is 9.87. The van der Waals surface area contributed by atoms with Crippen LogP contribution in [0.1, 0.15) is 46.5 Å². The Balaban J connectivity index is 0.00000420. The summed E-state index contributed by atoms with van der Waals surface area (Å²) in [6, 6.07) is 14.2. The molecule has 0 aliphatic rings. The van der Waals surface area contributed by atoms with E-state index in [4.69, 9.17) is 0 Å². The fraction of sp³-hybridized carbons (Fsp3) is 0.391. The van der Waals surface area contributed by atoms with Crippen LogP contribution in [0.15, 0.2) is 47.5 Å². The highest BCUT2D eigenvalue weighted by atomic mass is 127. The van der Waals surface area contributed by atoms with Gasteiger partial charge >= 0.3 is 0 Å². The molecular formula is C23H33IN4O. The highest BCUT2D eigenvalue weighted by Gasteiger charge is 2.11. The van der Waals surface area contributed by atoms with Crippen LogP contribution in [0.25, 0.3) is 0 Å². The predicted octanol–water partition coefficient (Wildman–Crippen LogP) is 4.27. The van der Waals surface area contributed by atoms with E-state index in [9.17, 15) is 4.79 Å². The molecule has 0 bridgehead atoms. The van der Waals surface area contributed by atoms with Crippen LogP contribution >= 0.6 is 24.0 Å². The van der Waals surface area contributed by atoms with Gasteiger partial charge in [-0.15, -0.1) is 24.0 Å². The minimum atomic E-state index is 0. The molecule has 6 heteroatoms. The molecule has 158 valence electrons. The maximum atomic E-state index is 12.4. The number of halogens is 1. The molecule has 0 spiro atoms. The summed E-state index contributed by atoms with van der Waals surface area (Å²) in [6.45, 7) is 11.0. The molecule has 5 nitrogen and oxygen atoms in total. The van der Waals surface area contributed by atoms with Crippen LogP contribution < -0.4 is 10.6 Å². The Morgan fingerprint density at radius 1 is 0.966 bits per heavy atom. The zero-order valence-corrected chi connectivity index (χ0v) is 20.4. The van der Waals surface area contributed by atoms with Gasteiger partial charge in [-0.05, 0) is 56.5 Å². The minimum Gasteiger partial charge on any atom is -0.352 e. The number of guanidine groups is 1. The topological polar surface area (TPSA) is 56.7 Å². The van der Waals surface area contributed by atoms with Gasteiger partial charge in [-0.25, -0.2) is 0 Å². The number of nitrogens with zero attached hydrogens (tertiary/aromatic N) is 2. The van der Waals surface area contributed by atoms with Crippen molar-refractivity contribution in [3.8, 4) is 0 Å². The van der Waals surface area contributed by atoms with Gasteiger partial charge in [0.2, 0.25) is 0 Å². The lowest BCUT2D eigenvalue weighted by molar-refractivity contribution is 0.0773. The third-order valence-electron chi connectivity index (χ3n) is 4.88. The van der Waals surface area contributed by atoms with Gasteiger partial charge in [0.1, 0.15) is 0 Å². The standard InChI is InChI=1S/C23H32N4O.HI/c1-6-27(7-2)22(28)20-12-9-19(10-13-20)15-25-23(24-5)26-16-21-11-8-17(3)14-18(21)4;/h8-14H,6-7,15-16H2,1-5H3,(H2,24,25,26);1H. The number of carbonyl (C=O) groups excluding carboxylic acids is 1. The number of hydrogen-bond donors (Lipinski definition) is 2. The Hall–Kier alpha value is -2.09. The van der Waals surface area contributed by atoms with Gasteiger partial charge in [-0.3, -0.25) is 9.79 Å². The molecule has 29 heavy (non-hydrogen) atoms. The van der Waals surface area contributed by atoms with Crippen molar-refractivity contribution in [1.29, 1.82) is 0 Å². The minimum absolute atomic E-state index is 0. The number of hydrogen-bond acceptors (Lipinski definition) is 2. The molecule has 0 radical (unpaired) electrons. The van der Waals surface area contributed by atoms with Crippen molar-refractivity contribution >= 4 is 35.8 Å². The van der Waals surface area contributed by atoms with E-state index in [0.717, 1.165) is 36.7 Å². The van der Waals surface area contributed by atoms with Crippen LogP contribution in [-0.4, -0.2) is 36.9 Å². The summed E-state index contributed by atoms with van der Waals surface area (Å²) in [5.41, 5.74) is 5.63. The highest BCUT2D eigenvalue weighted by molar-refractivity contribution is 14.0. The zero-order valence-electron chi connectivity index (χ0n) is 18.1. The van der Waals surface area contributed by atoms with Crippen LogP contribution in [0, 0.1) is 13.8 Å². The summed E-state index contributed by atoms with van der Waals surface area (Å²) in [4.78, 5) is 18.5. The van der Waals surface area contributed by atoms with Gasteiger partial charge in [-0.2, -0.15) is 0 Å². The molecule has 0 saturated heterocycles. The second-order valence-electron chi connectivity index (χ2n) is 6.88. The Kier molecular flexibility index (Phi) is 10.7. The fourth-order valence-electron chi connectivity index (χ4n) is 3.09. The number of rotatable bonds is 7. The number of aryl methyl sites for hydroxylation is 2. The summed E-state index contributed by atoms with van der Waals surface area (Å²) < 4.78 is 0. The Morgan fingerprint density at radius 3 is 2.14 bits per heavy atom.